The van der Waals surface area contributed by atoms with Crippen LogP contribution in [0, 0.1) is 0 Å². The van der Waals surface area contributed by atoms with E-state index >= 15 is 0 Å². The van der Waals surface area contributed by atoms with Gasteiger partial charge < -0.3 is 14.4 Å². The summed E-state index contributed by atoms with van der Waals surface area (Å²) < 4.78 is 11.9. The summed E-state index contributed by atoms with van der Waals surface area (Å²) in [5.74, 6) is 0.532. The van der Waals surface area contributed by atoms with Gasteiger partial charge in [0.05, 0.1) is 23.7 Å². The van der Waals surface area contributed by atoms with E-state index < -0.39 is 0 Å². The number of halogens is 1. The van der Waals surface area contributed by atoms with Crippen molar-refractivity contribution in [3.05, 3.63) is 53.1 Å². The molecule has 0 aliphatic carbocycles. The highest BCUT2D eigenvalue weighted by molar-refractivity contribution is 7.22. The average Bonchev–Trinajstić information content (AvgIpc) is 3.44. The van der Waals surface area contributed by atoms with Crippen LogP contribution in [0.3, 0.4) is 0 Å². The van der Waals surface area contributed by atoms with Gasteiger partial charge in [0.15, 0.2) is 5.13 Å². The Morgan fingerprint density at radius 2 is 2.19 bits per heavy atom. The van der Waals surface area contributed by atoms with E-state index in [-0.39, 0.29) is 12.4 Å². The third-order valence-electron chi connectivity index (χ3n) is 5.82. The predicted octanol–water partition coefficient (Wildman–Crippen LogP) is 4.64. The molecule has 4 rings (SSSR count). The molecule has 0 N–H and O–H groups in total. The van der Waals surface area contributed by atoms with Gasteiger partial charge in [-0.15, -0.1) is 0 Å². The number of benzene rings is 2. The lowest BCUT2D eigenvalue weighted by atomic mass is 10.1. The predicted molar refractivity (Wildman–Crippen MR) is 130 cm³/mol. The number of hydrogen-bond donors (Lipinski definition) is 0. The van der Waals surface area contributed by atoms with Crippen LogP contribution in [-0.2, 0) is 16.0 Å². The second-order valence-electron chi connectivity index (χ2n) is 7.87. The summed E-state index contributed by atoms with van der Waals surface area (Å²) in [6.45, 7) is 6.59. The second-order valence-corrected chi connectivity index (χ2v) is 9.32. The fourth-order valence-electron chi connectivity index (χ4n) is 4.10. The van der Waals surface area contributed by atoms with E-state index in [4.69, 9.17) is 26.1 Å². The molecular formula is C24H28ClN3O3S. The highest BCUT2D eigenvalue weighted by Gasteiger charge is 2.28. The van der Waals surface area contributed by atoms with Crippen molar-refractivity contribution in [2.45, 2.75) is 25.8 Å². The van der Waals surface area contributed by atoms with Crippen molar-refractivity contribution in [2.24, 2.45) is 0 Å². The monoisotopic (exact) mass is 473 g/mol. The molecule has 1 atom stereocenters. The highest BCUT2D eigenvalue weighted by Crippen LogP contribution is 2.33. The number of fused-ring (bicyclic) bond motifs is 1. The minimum absolute atomic E-state index is 0.249. The standard InChI is InChI=1S/C24H28ClN3O3S/c1-3-27(11-12-31-20-6-4-5-17(13-20)14-23(29)30-2)19-9-10-28(16-19)24-26-21-8-7-18(25)15-22(21)32-24/h4-8,13,15,19H,3,9-12,14,16H2,1-2H3. The molecule has 32 heavy (non-hydrogen) atoms. The lowest BCUT2D eigenvalue weighted by Gasteiger charge is -2.27. The van der Waals surface area contributed by atoms with Crippen LogP contribution in [0.25, 0.3) is 10.2 Å². The van der Waals surface area contributed by atoms with Crippen molar-refractivity contribution in [3.8, 4) is 5.75 Å². The van der Waals surface area contributed by atoms with Crippen molar-refractivity contribution in [1.82, 2.24) is 9.88 Å². The molecule has 170 valence electrons. The Morgan fingerprint density at radius 1 is 1.31 bits per heavy atom. The van der Waals surface area contributed by atoms with Gasteiger partial charge in [-0.25, -0.2) is 4.98 Å². The fourth-order valence-corrected chi connectivity index (χ4v) is 5.38. The zero-order chi connectivity index (χ0) is 22.5. The maximum atomic E-state index is 11.5. The number of ether oxygens (including phenoxy) is 2. The molecule has 1 aliphatic heterocycles. The number of anilines is 1. The van der Waals surface area contributed by atoms with Gasteiger partial charge in [0.25, 0.3) is 0 Å². The van der Waals surface area contributed by atoms with Crippen molar-refractivity contribution in [2.75, 3.05) is 44.8 Å². The van der Waals surface area contributed by atoms with Crippen LogP contribution in [0.4, 0.5) is 5.13 Å². The number of carbonyl (C=O) groups is 1. The number of aromatic nitrogens is 1. The summed E-state index contributed by atoms with van der Waals surface area (Å²) in [6, 6.07) is 14.0. The van der Waals surface area contributed by atoms with Crippen LogP contribution in [0.1, 0.15) is 18.9 Å². The molecule has 1 saturated heterocycles. The van der Waals surface area contributed by atoms with E-state index in [2.05, 4.69) is 16.7 Å². The first-order valence-corrected chi connectivity index (χ1v) is 12.1. The van der Waals surface area contributed by atoms with Crippen molar-refractivity contribution in [3.63, 3.8) is 0 Å². The minimum atomic E-state index is -0.249. The summed E-state index contributed by atoms with van der Waals surface area (Å²) in [5.41, 5.74) is 1.90. The van der Waals surface area contributed by atoms with E-state index in [0.29, 0.717) is 12.6 Å². The van der Waals surface area contributed by atoms with Crippen LogP contribution in [0.15, 0.2) is 42.5 Å². The summed E-state index contributed by atoms with van der Waals surface area (Å²) in [7, 11) is 1.40. The Bertz CT molecular complexity index is 1070. The summed E-state index contributed by atoms with van der Waals surface area (Å²) in [4.78, 5) is 21.1. The zero-order valence-electron chi connectivity index (χ0n) is 18.4. The van der Waals surface area contributed by atoms with Gasteiger partial charge in [0.2, 0.25) is 0 Å². The van der Waals surface area contributed by atoms with Crippen molar-refractivity contribution >= 4 is 44.3 Å². The van der Waals surface area contributed by atoms with Gasteiger partial charge in [-0.05, 0) is 48.9 Å². The maximum Gasteiger partial charge on any atom is 0.309 e. The quantitative estimate of drug-likeness (QED) is 0.422. The number of rotatable bonds is 9. The van der Waals surface area contributed by atoms with Crippen LogP contribution < -0.4 is 9.64 Å². The third kappa shape index (κ3) is 5.52. The van der Waals surface area contributed by atoms with Crippen molar-refractivity contribution in [1.29, 1.82) is 0 Å². The van der Waals surface area contributed by atoms with Gasteiger partial charge in [-0.2, -0.15) is 0 Å². The second kappa shape index (κ2) is 10.5. The Hall–Kier alpha value is -2.35. The maximum absolute atomic E-state index is 11.5. The highest BCUT2D eigenvalue weighted by atomic mass is 35.5. The third-order valence-corrected chi connectivity index (χ3v) is 7.13. The fraction of sp³-hybridized carbons (Fsp3) is 0.417. The van der Waals surface area contributed by atoms with E-state index in [0.717, 1.165) is 64.3 Å². The van der Waals surface area contributed by atoms with Gasteiger partial charge in [0, 0.05) is 30.7 Å². The molecule has 1 aromatic heterocycles. The normalized spacial score (nSPS) is 16.1. The average molecular weight is 474 g/mol. The van der Waals surface area contributed by atoms with Gasteiger partial charge >= 0.3 is 5.97 Å². The topological polar surface area (TPSA) is 54.9 Å². The largest absolute Gasteiger partial charge is 0.492 e. The SMILES string of the molecule is CCN(CCOc1cccc(CC(=O)OC)c1)C1CCN(c2nc3ccc(Cl)cc3s2)C1. The van der Waals surface area contributed by atoms with E-state index in [9.17, 15) is 4.79 Å². The Morgan fingerprint density at radius 3 is 3.00 bits per heavy atom. The van der Waals surface area contributed by atoms with Gasteiger partial charge in [-0.3, -0.25) is 9.69 Å². The number of esters is 1. The molecule has 0 saturated carbocycles. The lowest BCUT2D eigenvalue weighted by Crippen LogP contribution is -2.40. The Labute approximate surface area is 197 Å². The van der Waals surface area contributed by atoms with E-state index in [1.54, 1.807) is 11.3 Å². The molecule has 2 aromatic carbocycles. The minimum Gasteiger partial charge on any atom is -0.492 e. The van der Waals surface area contributed by atoms with E-state index in [1.807, 2.05) is 42.5 Å². The molecule has 0 radical (unpaired) electrons. The number of likely N-dealkylation sites (N-methyl/N-ethyl adjacent to an activating group) is 1. The first kappa shape index (κ1) is 22.8. The van der Waals surface area contributed by atoms with Crippen LogP contribution in [-0.4, -0.2) is 61.8 Å². The van der Waals surface area contributed by atoms with Crippen molar-refractivity contribution < 1.29 is 14.3 Å². The summed E-state index contributed by atoms with van der Waals surface area (Å²) >= 11 is 7.83. The molecule has 3 aromatic rings. The van der Waals surface area contributed by atoms with Crippen LogP contribution >= 0.6 is 22.9 Å². The number of thiazole rings is 1. The molecule has 1 aliphatic rings. The first-order chi connectivity index (χ1) is 15.6. The zero-order valence-corrected chi connectivity index (χ0v) is 20.0. The smallest absolute Gasteiger partial charge is 0.309 e. The molecule has 1 unspecified atom stereocenters. The van der Waals surface area contributed by atoms with Gasteiger partial charge in [0.1, 0.15) is 12.4 Å². The number of nitrogens with zero attached hydrogens (tertiary/aromatic N) is 3. The number of carbonyl (C=O) groups excluding carboxylic acids is 1. The number of methoxy groups -OCH3 is 1. The molecular weight excluding hydrogens is 446 g/mol. The van der Waals surface area contributed by atoms with Crippen LogP contribution in [0.2, 0.25) is 5.02 Å². The first-order valence-electron chi connectivity index (χ1n) is 10.9. The molecule has 8 heteroatoms. The Kier molecular flexibility index (Phi) is 7.50. The molecule has 1 fully saturated rings. The number of hydrogen-bond acceptors (Lipinski definition) is 7. The van der Waals surface area contributed by atoms with Gasteiger partial charge in [-0.1, -0.05) is 42.0 Å². The lowest BCUT2D eigenvalue weighted by molar-refractivity contribution is -0.139. The Balaban J connectivity index is 1.30. The van der Waals surface area contributed by atoms with E-state index in [1.165, 1.54) is 7.11 Å². The molecule has 2 heterocycles. The molecule has 0 spiro atoms. The summed E-state index contributed by atoms with van der Waals surface area (Å²) in [6.07, 6.45) is 1.36. The molecule has 0 bridgehead atoms. The molecule has 6 nitrogen and oxygen atoms in total. The molecule has 0 amide bonds. The van der Waals surface area contributed by atoms with Crippen LogP contribution in [0.5, 0.6) is 5.75 Å². The summed E-state index contributed by atoms with van der Waals surface area (Å²) in [5, 5.41) is 1.82.